The van der Waals surface area contributed by atoms with Gasteiger partial charge in [0.1, 0.15) is 22.3 Å². The van der Waals surface area contributed by atoms with E-state index in [4.69, 9.17) is 8.83 Å². The lowest BCUT2D eigenvalue weighted by Crippen LogP contribution is -2.11. The molecule has 11 rings (SSSR count). The van der Waals surface area contributed by atoms with Gasteiger partial charge in [-0.05, 0) is 59.7 Å². The first-order valence-electron chi connectivity index (χ1n) is 17.5. The molecule has 0 saturated carbocycles. The van der Waals surface area contributed by atoms with Crippen molar-refractivity contribution in [1.29, 1.82) is 0 Å². The summed E-state index contributed by atoms with van der Waals surface area (Å²) in [4.78, 5) is 2.34. The third-order valence-electron chi connectivity index (χ3n) is 10.3. The number of rotatable bonds is 5. The average molecular weight is 684 g/mol. The Hall–Kier alpha value is -6.62. The maximum Gasteiger partial charge on any atom is 0.143 e. The molecule has 0 spiro atoms. The van der Waals surface area contributed by atoms with Crippen molar-refractivity contribution >= 4 is 92.4 Å². The molecule has 4 heteroatoms. The second-order valence-corrected chi connectivity index (χ2v) is 14.3. The Labute approximate surface area is 303 Å². The summed E-state index contributed by atoms with van der Waals surface area (Å²) in [6, 6.07) is 62.4. The van der Waals surface area contributed by atoms with Crippen molar-refractivity contribution in [3.05, 3.63) is 176 Å². The van der Waals surface area contributed by atoms with Gasteiger partial charge in [-0.3, -0.25) is 0 Å². The van der Waals surface area contributed by atoms with Crippen LogP contribution in [-0.4, -0.2) is 0 Å². The van der Waals surface area contributed by atoms with Gasteiger partial charge in [0, 0.05) is 70.3 Å². The van der Waals surface area contributed by atoms with Crippen LogP contribution in [0.15, 0.2) is 185 Å². The summed E-state index contributed by atoms with van der Waals surface area (Å²) < 4.78 is 15.6. The summed E-state index contributed by atoms with van der Waals surface area (Å²) >= 11 is 1.86. The number of benzene rings is 8. The third-order valence-corrected chi connectivity index (χ3v) is 11.5. The van der Waals surface area contributed by atoms with Gasteiger partial charge in [0.15, 0.2) is 0 Å². The number of para-hydroxylation sites is 4. The van der Waals surface area contributed by atoms with E-state index < -0.39 is 0 Å². The highest BCUT2D eigenvalue weighted by atomic mass is 32.1. The Balaban J connectivity index is 1.11. The molecular formula is C48H29NO2S. The molecule has 0 aliphatic rings. The first-order valence-corrected chi connectivity index (χ1v) is 18.3. The Bertz CT molecular complexity index is 3150. The predicted octanol–water partition coefficient (Wildman–Crippen LogP) is 14.7. The Morgan fingerprint density at radius 2 is 0.981 bits per heavy atom. The number of nitrogens with zero attached hydrogens (tertiary/aromatic N) is 1. The van der Waals surface area contributed by atoms with Crippen LogP contribution >= 0.6 is 11.3 Å². The molecular weight excluding hydrogens is 655 g/mol. The zero-order valence-corrected chi connectivity index (χ0v) is 28.7. The molecule has 0 amide bonds. The number of hydrogen-bond acceptors (Lipinski definition) is 4. The number of furan rings is 2. The molecule has 0 bridgehead atoms. The van der Waals surface area contributed by atoms with Gasteiger partial charge in [0.25, 0.3) is 0 Å². The Morgan fingerprint density at radius 1 is 0.385 bits per heavy atom. The van der Waals surface area contributed by atoms with E-state index in [0.29, 0.717) is 0 Å². The van der Waals surface area contributed by atoms with Gasteiger partial charge < -0.3 is 13.7 Å². The van der Waals surface area contributed by atoms with Crippen LogP contribution in [0.1, 0.15) is 0 Å². The topological polar surface area (TPSA) is 29.5 Å². The number of thiophene rings is 1. The number of anilines is 3. The first kappa shape index (κ1) is 29.1. The largest absolute Gasteiger partial charge is 0.456 e. The Morgan fingerprint density at radius 3 is 1.83 bits per heavy atom. The van der Waals surface area contributed by atoms with E-state index >= 15 is 0 Å². The molecule has 0 aliphatic carbocycles. The van der Waals surface area contributed by atoms with Crippen LogP contribution in [0.5, 0.6) is 0 Å². The van der Waals surface area contributed by atoms with Gasteiger partial charge in [-0.1, -0.05) is 121 Å². The molecule has 0 unspecified atom stereocenters. The molecule has 11 aromatic rings. The summed E-state index contributed by atoms with van der Waals surface area (Å²) in [5.41, 5.74) is 11.2. The van der Waals surface area contributed by atoms with Crippen LogP contribution in [0, 0.1) is 0 Å². The van der Waals surface area contributed by atoms with Gasteiger partial charge in [-0.15, -0.1) is 11.3 Å². The van der Waals surface area contributed by atoms with E-state index in [1.807, 2.05) is 35.6 Å². The third kappa shape index (κ3) is 4.45. The summed E-state index contributed by atoms with van der Waals surface area (Å²) in [6.07, 6.45) is 0. The monoisotopic (exact) mass is 683 g/mol. The molecule has 52 heavy (non-hydrogen) atoms. The molecule has 3 aromatic heterocycles. The van der Waals surface area contributed by atoms with Crippen molar-refractivity contribution in [2.24, 2.45) is 0 Å². The second-order valence-electron chi connectivity index (χ2n) is 13.2. The smallest absolute Gasteiger partial charge is 0.143 e. The molecule has 244 valence electrons. The fraction of sp³-hybridized carbons (Fsp3) is 0. The van der Waals surface area contributed by atoms with E-state index in [2.05, 4.69) is 157 Å². The molecule has 0 radical (unpaired) electrons. The number of fused-ring (bicyclic) bond motifs is 9. The highest BCUT2D eigenvalue weighted by molar-refractivity contribution is 7.26. The maximum atomic E-state index is 6.56. The lowest BCUT2D eigenvalue weighted by atomic mass is 9.98. The maximum absolute atomic E-state index is 6.56. The molecule has 0 aliphatic heterocycles. The average Bonchev–Trinajstić information content (AvgIpc) is 3.90. The van der Waals surface area contributed by atoms with Crippen molar-refractivity contribution in [3.63, 3.8) is 0 Å². The normalized spacial score (nSPS) is 11.8. The van der Waals surface area contributed by atoms with E-state index in [-0.39, 0.29) is 0 Å². The summed E-state index contributed by atoms with van der Waals surface area (Å²) in [6.45, 7) is 0. The minimum Gasteiger partial charge on any atom is -0.456 e. The summed E-state index contributed by atoms with van der Waals surface area (Å²) in [7, 11) is 0. The van der Waals surface area contributed by atoms with Crippen molar-refractivity contribution in [3.8, 4) is 22.3 Å². The lowest BCUT2D eigenvalue weighted by molar-refractivity contribution is 0.669. The SMILES string of the molecule is c1ccc(N(c2ccc(-c3cccc4c3sc3ccccc34)cc2)c2ccc3c(c2)oc2ccccc23)c(-c2cccc3c2oc2ccccc23)c1. The highest BCUT2D eigenvalue weighted by Gasteiger charge is 2.22. The van der Waals surface area contributed by atoms with Gasteiger partial charge in [-0.25, -0.2) is 0 Å². The molecule has 3 nitrogen and oxygen atoms in total. The van der Waals surface area contributed by atoms with Crippen molar-refractivity contribution in [2.75, 3.05) is 4.90 Å². The molecule has 0 fully saturated rings. The van der Waals surface area contributed by atoms with Gasteiger partial charge >= 0.3 is 0 Å². The predicted molar refractivity (Wildman–Crippen MR) is 219 cm³/mol. The quantitative estimate of drug-likeness (QED) is 0.181. The molecule has 0 atom stereocenters. The zero-order valence-electron chi connectivity index (χ0n) is 27.9. The van der Waals surface area contributed by atoms with Gasteiger partial charge in [0.05, 0.1) is 5.69 Å². The fourth-order valence-electron chi connectivity index (χ4n) is 7.90. The summed E-state index contributed by atoms with van der Waals surface area (Å²) in [5, 5.41) is 7.06. The number of hydrogen-bond donors (Lipinski definition) is 0. The van der Waals surface area contributed by atoms with Crippen LogP contribution in [0.25, 0.3) is 86.3 Å². The first-order chi connectivity index (χ1) is 25.8. The van der Waals surface area contributed by atoms with E-state index in [1.165, 1.54) is 31.3 Å². The van der Waals surface area contributed by atoms with Crippen molar-refractivity contribution in [2.45, 2.75) is 0 Å². The highest BCUT2D eigenvalue weighted by Crippen LogP contribution is 2.46. The zero-order chi connectivity index (χ0) is 34.2. The van der Waals surface area contributed by atoms with Gasteiger partial charge in [0.2, 0.25) is 0 Å². The van der Waals surface area contributed by atoms with Crippen molar-refractivity contribution in [1.82, 2.24) is 0 Å². The summed E-state index contributed by atoms with van der Waals surface area (Å²) in [5.74, 6) is 0. The van der Waals surface area contributed by atoms with Gasteiger partial charge in [-0.2, -0.15) is 0 Å². The fourth-order valence-corrected chi connectivity index (χ4v) is 9.14. The van der Waals surface area contributed by atoms with E-state index in [0.717, 1.165) is 72.1 Å². The van der Waals surface area contributed by atoms with Crippen LogP contribution in [0.2, 0.25) is 0 Å². The van der Waals surface area contributed by atoms with Crippen LogP contribution in [0.4, 0.5) is 17.1 Å². The van der Waals surface area contributed by atoms with E-state index in [1.54, 1.807) is 0 Å². The van der Waals surface area contributed by atoms with E-state index in [9.17, 15) is 0 Å². The van der Waals surface area contributed by atoms with Crippen LogP contribution in [-0.2, 0) is 0 Å². The molecule has 0 saturated heterocycles. The minimum atomic E-state index is 0.855. The molecule has 3 heterocycles. The van der Waals surface area contributed by atoms with Crippen LogP contribution < -0.4 is 4.90 Å². The molecule has 0 N–H and O–H groups in total. The minimum absolute atomic E-state index is 0.855. The van der Waals surface area contributed by atoms with Crippen LogP contribution in [0.3, 0.4) is 0 Å². The van der Waals surface area contributed by atoms with Crippen molar-refractivity contribution < 1.29 is 8.83 Å². The Kier molecular flexibility index (Phi) is 6.42. The second kappa shape index (κ2) is 11.5. The standard InChI is InChI=1S/C48H29NO2S/c1-5-19-42(34(11-1)39-16-10-17-40-36-13-3-7-21-44(36)51-47(39)40)49(32-27-28-37-35-12-2-6-20-43(35)50-45(37)29-32)31-25-23-30(24-26-31)33-15-9-18-41-38-14-4-8-22-46(38)52-48(33)41/h1-29H. The lowest BCUT2D eigenvalue weighted by Gasteiger charge is -2.28. The molecule has 8 aromatic carbocycles.